The minimum absolute atomic E-state index is 0.613. The first-order valence-corrected chi connectivity index (χ1v) is 10.4. The van der Waals surface area contributed by atoms with E-state index in [9.17, 15) is 0 Å². The van der Waals surface area contributed by atoms with E-state index in [2.05, 4.69) is 53.2 Å². The van der Waals surface area contributed by atoms with E-state index in [0.29, 0.717) is 6.04 Å². The van der Waals surface area contributed by atoms with Gasteiger partial charge in [0.05, 0.1) is 5.69 Å². The maximum absolute atomic E-state index is 5.01. The lowest BCUT2D eigenvalue weighted by Crippen LogP contribution is -2.29. The van der Waals surface area contributed by atoms with Crippen LogP contribution in [0.5, 0.6) is 0 Å². The number of anilines is 1. The molecule has 1 aliphatic rings. The number of pyridine rings is 1. The molecule has 0 spiro atoms. The molecule has 1 aromatic carbocycles. The summed E-state index contributed by atoms with van der Waals surface area (Å²) in [6.45, 7) is 3.37. The predicted molar refractivity (Wildman–Crippen MR) is 116 cm³/mol. The fourth-order valence-electron chi connectivity index (χ4n) is 4.34. The van der Waals surface area contributed by atoms with E-state index in [0.717, 1.165) is 46.9 Å². The van der Waals surface area contributed by atoms with Crippen LogP contribution in [0.4, 0.5) is 5.82 Å². The number of benzene rings is 1. The van der Waals surface area contributed by atoms with Crippen LogP contribution in [0.1, 0.15) is 37.4 Å². The molecular formula is C24H25N5. The summed E-state index contributed by atoms with van der Waals surface area (Å²) in [5, 5.41) is 4.73. The van der Waals surface area contributed by atoms with Crippen LogP contribution in [0, 0.1) is 0 Å². The summed E-state index contributed by atoms with van der Waals surface area (Å²) in [5.74, 6) is 1.10. The number of hydrogen-bond acceptors (Lipinski definition) is 4. The van der Waals surface area contributed by atoms with Gasteiger partial charge in [0.2, 0.25) is 0 Å². The molecule has 4 aromatic rings. The SMILES string of the molecule is CCC1CCCN1c1cccc(Cc2cc(-c3ccccc3)nn3ccnc23)n1. The van der Waals surface area contributed by atoms with Crippen LogP contribution in [-0.4, -0.2) is 32.2 Å². The second kappa shape index (κ2) is 7.66. The fourth-order valence-corrected chi connectivity index (χ4v) is 4.34. The van der Waals surface area contributed by atoms with E-state index in [1.807, 2.05) is 28.9 Å². The van der Waals surface area contributed by atoms with Gasteiger partial charge in [-0.2, -0.15) is 5.10 Å². The van der Waals surface area contributed by atoms with Crippen LogP contribution in [-0.2, 0) is 6.42 Å². The van der Waals surface area contributed by atoms with Crippen LogP contribution in [0.3, 0.4) is 0 Å². The number of aromatic nitrogens is 4. The maximum Gasteiger partial charge on any atom is 0.157 e. The zero-order valence-electron chi connectivity index (χ0n) is 16.7. The molecule has 146 valence electrons. The van der Waals surface area contributed by atoms with E-state index in [1.54, 1.807) is 6.20 Å². The Bertz CT molecular complexity index is 1120. The van der Waals surface area contributed by atoms with E-state index < -0.39 is 0 Å². The molecule has 0 N–H and O–H groups in total. The standard InChI is InChI=1S/C24H25N5/c1-2-21-11-7-14-28(21)23-12-6-10-20(26-23)16-19-17-22(18-8-4-3-5-9-18)27-29-15-13-25-24(19)29/h3-6,8-10,12-13,15,17,21H,2,7,11,14,16H2,1H3. The van der Waals surface area contributed by atoms with Gasteiger partial charge in [0.1, 0.15) is 5.82 Å². The average molecular weight is 383 g/mol. The molecule has 1 aliphatic heterocycles. The zero-order chi connectivity index (χ0) is 19.6. The molecule has 1 atom stereocenters. The molecule has 1 fully saturated rings. The van der Waals surface area contributed by atoms with Crippen molar-refractivity contribution in [2.24, 2.45) is 0 Å². The Morgan fingerprint density at radius 3 is 2.83 bits per heavy atom. The molecule has 1 unspecified atom stereocenters. The number of fused-ring (bicyclic) bond motifs is 1. The predicted octanol–water partition coefficient (Wildman–Crippen LogP) is 4.76. The molecule has 5 nitrogen and oxygen atoms in total. The van der Waals surface area contributed by atoms with Crippen molar-refractivity contribution in [1.29, 1.82) is 0 Å². The Morgan fingerprint density at radius 2 is 1.97 bits per heavy atom. The normalized spacial score (nSPS) is 16.6. The fraction of sp³-hybridized carbons (Fsp3) is 0.292. The van der Waals surface area contributed by atoms with Gasteiger partial charge in [-0.25, -0.2) is 14.5 Å². The minimum Gasteiger partial charge on any atom is -0.354 e. The molecule has 3 aromatic heterocycles. The third-order valence-corrected chi connectivity index (χ3v) is 5.81. The van der Waals surface area contributed by atoms with Crippen molar-refractivity contribution in [3.05, 3.63) is 78.2 Å². The van der Waals surface area contributed by atoms with Crippen molar-refractivity contribution in [3.8, 4) is 11.3 Å². The molecule has 1 saturated heterocycles. The molecule has 0 bridgehead atoms. The highest BCUT2D eigenvalue weighted by Crippen LogP contribution is 2.27. The van der Waals surface area contributed by atoms with Gasteiger partial charge in [0.15, 0.2) is 5.65 Å². The van der Waals surface area contributed by atoms with Gasteiger partial charge in [-0.15, -0.1) is 0 Å². The monoisotopic (exact) mass is 383 g/mol. The third-order valence-electron chi connectivity index (χ3n) is 5.81. The summed E-state index contributed by atoms with van der Waals surface area (Å²) in [5.41, 5.74) is 5.16. The molecule has 0 amide bonds. The second-order valence-corrected chi connectivity index (χ2v) is 7.68. The summed E-state index contributed by atoms with van der Waals surface area (Å²) >= 11 is 0. The van der Waals surface area contributed by atoms with Crippen molar-refractivity contribution in [2.75, 3.05) is 11.4 Å². The smallest absolute Gasteiger partial charge is 0.157 e. The second-order valence-electron chi connectivity index (χ2n) is 7.68. The summed E-state index contributed by atoms with van der Waals surface area (Å²) in [6, 6.07) is 19.4. The quantitative estimate of drug-likeness (QED) is 0.498. The average Bonchev–Trinajstić information content (AvgIpc) is 3.44. The minimum atomic E-state index is 0.613. The van der Waals surface area contributed by atoms with Crippen molar-refractivity contribution in [3.63, 3.8) is 0 Å². The van der Waals surface area contributed by atoms with Gasteiger partial charge >= 0.3 is 0 Å². The Kier molecular flexibility index (Phi) is 4.72. The van der Waals surface area contributed by atoms with Gasteiger partial charge in [-0.1, -0.05) is 43.3 Å². The number of hydrogen-bond donors (Lipinski definition) is 0. The lowest BCUT2D eigenvalue weighted by atomic mass is 10.1. The Labute approximate surface area is 171 Å². The Morgan fingerprint density at radius 1 is 1.07 bits per heavy atom. The lowest BCUT2D eigenvalue weighted by Gasteiger charge is -2.25. The molecule has 5 heteroatoms. The number of rotatable bonds is 5. The summed E-state index contributed by atoms with van der Waals surface area (Å²) < 4.78 is 1.87. The first kappa shape index (κ1) is 17.9. The summed E-state index contributed by atoms with van der Waals surface area (Å²) in [7, 11) is 0. The summed E-state index contributed by atoms with van der Waals surface area (Å²) in [4.78, 5) is 12.0. The number of imidazole rings is 1. The van der Waals surface area contributed by atoms with E-state index in [-0.39, 0.29) is 0 Å². The molecular weight excluding hydrogens is 358 g/mol. The largest absolute Gasteiger partial charge is 0.354 e. The van der Waals surface area contributed by atoms with Gasteiger partial charge < -0.3 is 4.90 Å². The maximum atomic E-state index is 5.01. The molecule has 5 rings (SSSR count). The zero-order valence-corrected chi connectivity index (χ0v) is 16.7. The van der Waals surface area contributed by atoms with Crippen LogP contribution in [0.25, 0.3) is 16.9 Å². The Hall–Kier alpha value is -3.21. The van der Waals surface area contributed by atoms with Crippen LogP contribution >= 0.6 is 0 Å². The third kappa shape index (κ3) is 3.48. The van der Waals surface area contributed by atoms with Crippen molar-refractivity contribution in [2.45, 2.75) is 38.6 Å². The topological polar surface area (TPSA) is 46.3 Å². The highest BCUT2D eigenvalue weighted by molar-refractivity contribution is 5.63. The summed E-state index contributed by atoms with van der Waals surface area (Å²) in [6.07, 6.45) is 8.14. The van der Waals surface area contributed by atoms with E-state index >= 15 is 0 Å². The van der Waals surface area contributed by atoms with Gasteiger partial charge in [0, 0.05) is 48.2 Å². The van der Waals surface area contributed by atoms with Gasteiger partial charge in [-0.05, 0) is 37.5 Å². The first-order valence-electron chi connectivity index (χ1n) is 10.4. The first-order chi connectivity index (χ1) is 14.3. The van der Waals surface area contributed by atoms with Crippen molar-refractivity contribution < 1.29 is 0 Å². The van der Waals surface area contributed by atoms with Gasteiger partial charge in [-0.3, -0.25) is 0 Å². The molecule has 29 heavy (non-hydrogen) atoms. The van der Waals surface area contributed by atoms with Crippen molar-refractivity contribution >= 4 is 11.5 Å². The highest BCUT2D eigenvalue weighted by atomic mass is 15.2. The van der Waals surface area contributed by atoms with Crippen LogP contribution < -0.4 is 4.90 Å². The molecule has 0 radical (unpaired) electrons. The lowest BCUT2D eigenvalue weighted by molar-refractivity contribution is 0.640. The van der Waals surface area contributed by atoms with Crippen LogP contribution in [0.15, 0.2) is 67.0 Å². The van der Waals surface area contributed by atoms with Crippen LogP contribution in [0.2, 0.25) is 0 Å². The molecule has 0 saturated carbocycles. The van der Waals surface area contributed by atoms with E-state index in [1.165, 1.54) is 19.3 Å². The van der Waals surface area contributed by atoms with Gasteiger partial charge in [0.25, 0.3) is 0 Å². The van der Waals surface area contributed by atoms with Crippen molar-refractivity contribution in [1.82, 2.24) is 19.6 Å². The molecule has 4 heterocycles. The molecule has 0 aliphatic carbocycles. The van der Waals surface area contributed by atoms with E-state index in [4.69, 9.17) is 10.1 Å². The number of nitrogens with zero attached hydrogens (tertiary/aromatic N) is 5. The highest BCUT2D eigenvalue weighted by Gasteiger charge is 2.24. The Balaban J connectivity index is 1.51.